The summed E-state index contributed by atoms with van der Waals surface area (Å²) in [6, 6.07) is 0.612. The number of nitrogens with one attached hydrogen (secondary N) is 1. The highest BCUT2D eigenvalue weighted by molar-refractivity contribution is 5.80. The predicted octanol–water partition coefficient (Wildman–Crippen LogP) is 4.15. The summed E-state index contributed by atoms with van der Waals surface area (Å²) in [6.07, 6.45) is 16.9. The third-order valence-corrected chi connectivity index (χ3v) is 4.81. The summed E-state index contributed by atoms with van der Waals surface area (Å²) in [5.41, 5.74) is 3.74. The van der Waals surface area contributed by atoms with Crippen LogP contribution < -0.4 is 5.32 Å². The molecule has 2 aromatic rings. The molecule has 0 amide bonds. The molecular formula is C18H22N4. The van der Waals surface area contributed by atoms with Crippen molar-refractivity contribution < 1.29 is 0 Å². The van der Waals surface area contributed by atoms with E-state index in [4.69, 9.17) is 4.98 Å². The van der Waals surface area contributed by atoms with E-state index < -0.39 is 0 Å². The molecule has 4 heteroatoms. The minimum absolute atomic E-state index is 0.612. The molecule has 4 rings (SSSR count). The zero-order chi connectivity index (χ0) is 14.9. The second-order valence-electron chi connectivity index (χ2n) is 6.40. The van der Waals surface area contributed by atoms with Crippen LogP contribution >= 0.6 is 0 Å². The van der Waals surface area contributed by atoms with Crippen molar-refractivity contribution in [3.05, 3.63) is 41.8 Å². The maximum absolute atomic E-state index is 4.79. The van der Waals surface area contributed by atoms with E-state index >= 15 is 0 Å². The van der Waals surface area contributed by atoms with E-state index in [2.05, 4.69) is 46.2 Å². The zero-order valence-corrected chi connectivity index (χ0v) is 13.0. The number of rotatable bonds is 4. The summed E-state index contributed by atoms with van der Waals surface area (Å²) < 4.78 is 2.38. The fraction of sp³-hybridized carbons (Fsp3) is 0.444. The van der Waals surface area contributed by atoms with Gasteiger partial charge in [0.05, 0.1) is 0 Å². The normalized spacial score (nSPS) is 18.3. The fourth-order valence-electron chi connectivity index (χ4n) is 3.55. The van der Waals surface area contributed by atoms with Crippen LogP contribution in [0.3, 0.4) is 0 Å². The summed E-state index contributed by atoms with van der Waals surface area (Å²) in [6.45, 7) is 2.97. The van der Waals surface area contributed by atoms with Crippen molar-refractivity contribution in [3.63, 3.8) is 0 Å². The number of allylic oxidation sites excluding steroid dienone is 3. The summed E-state index contributed by atoms with van der Waals surface area (Å²) in [5.74, 6) is 0.734. The molecular weight excluding hydrogens is 272 g/mol. The molecule has 22 heavy (non-hydrogen) atoms. The number of nitrogens with zero attached hydrogens (tertiary/aromatic N) is 3. The van der Waals surface area contributed by atoms with Crippen LogP contribution in [0.25, 0.3) is 11.0 Å². The van der Waals surface area contributed by atoms with Crippen LogP contribution in [0.5, 0.6) is 0 Å². The quantitative estimate of drug-likeness (QED) is 0.921. The summed E-state index contributed by atoms with van der Waals surface area (Å²) in [4.78, 5) is 9.28. The van der Waals surface area contributed by atoms with E-state index in [1.54, 1.807) is 0 Å². The number of hydrogen-bond acceptors (Lipinski definition) is 3. The number of fused-ring (bicyclic) bond motifs is 1. The molecule has 0 radical (unpaired) electrons. The number of aromatic nitrogens is 3. The molecule has 0 bridgehead atoms. The maximum Gasteiger partial charge on any atom is 0.224 e. The molecule has 0 saturated heterocycles. The van der Waals surface area contributed by atoms with Crippen molar-refractivity contribution in [1.29, 1.82) is 0 Å². The van der Waals surface area contributed by atoms with Crippen LogP contribution in [-0.2, 0) is 0 Å². The minimum Gasteiger partial charge on any atom is -0.350 e. The Morgan fingerprint density at radius 1 is 1.32 bits per heavy atom. The maximum atomic E-state index is 4.79. The van der Waals surface area contributed by atoms with Gasteiger partial charge >= 0.3 is 0 Å². The lowest BCUT2D eigenvalue weighted by Gasteiger charge is -2.13. The van der Waals surface area contributed by atoms with E-state index in [9.17, 15) is 0 Å². The smallest absolute Gasteiger partial charge is 0.224 e. The Labute approximate surface area is 131 Å². The van der Waals surface area contributed by atoms with Crippen molar-refractivity contribution in [2.45, 2.75) is 45.1 Å². The molecule has 2 aliphatic carbocycles. The van der Waals surface area contributed by atoms with Crippen LogP contribution in [0.2, 0.25) is 0 Å². The molecule has 0 aliphatic heterocycles. The third kappa shape index (κ3) is 2.43. The van der Waals surface area contributed by atoms with Gasteiger partial charge in [-0.25, -0.2) is 4.98 Å². The van der Waals surface area contributed by atoms with Gasteiger partial charge in [-0.2, -0.15) is 4.98 Å². The van der Waals surface area contributed by atoms with E-state index in [0.717, 1.165) is 24.6 Å². The van der Waals surface area contributed by atoms with Gasteiger partial charge in [0.1, 0.15) is 5.65 Å². The van der Waals surface area contributed by atoms with Crippen molar-refractivity contribution >= 4 is 17.0 Å². The second kappa shape index (κ2) is 5.59. The van der Waals surface area contributed by atoms with Crippen LogP contribution in [0, 0.1) is 6.92 Å². The molecule has 114 valence electrons. The predicted molar refractivity (Wildman–Crippen MR) is 90.1 cm³/mol. The van der Waals surface area contributed by atoms with E-state index in [1.165, 1.54) is 42.2 Å². The Morgan fingerprint density at radius 3 is 2.95 bits per heavy atom. The Morgan fingerprint density at radius 2 is 2.18 bits per heavy atom. The van der Waals surface area contributed by atoms with Crippen molar-refractivity contribution in [3.8, 4) is 0 Å². The van der Waals surface area contributed by atoms with Gasteiger partial charge in [-0.15, -0.1) is 0 Å². The van der Waals surface area contributed by atoms with Gasteiger partial charge in [-0.3, -0.25) is 0 Å². The third-order valence-electron chi connectivity index (χ3n) is 4.81. The number of aryl methyl sites for hydroxylation is 1. The largest absolute Gasteiger partial charge is 0.350 e. The molecule has 1 saturated carbocycles. The second-order valence-corrected chi connectivity index (χ2v) is 6.40. The van der Waals surface area contributed by atoms with Gasteiger partial charge in [-0.1, -0.05) is 31.1 Å². The lowest BCUT2D eigenvalue weighted by atomic mass is 10.2. The first kappa shape index (κ1) is 13.6. The molecule has 1 N–H and O–H groups in total. The first-order valence-corrected chi connectivity index (χ1v) is 8.24. The highest BCUT2D eigenvalue weighted by Gasteiger charge is 2.20. The SMILES string of the molecule is Cc1cn(C2CCCC2)c2nc(NCC3=CC=CC3)ncc12. The van der Waals surface area contributed by atoms with Crippen LogP contribution in [0.4, 0.5) is 5.95 Å². The van der Waals surface area contributed by atoms with Crippen LogP contribution in [-0.4, -0.2) is 21.1 Å². The first-order chi connectivity index (χ1) is 10.8. The average Bonchev–Trinajstić information content (AvgIpc) is 3.27. The van der Waals surface area contributed by atoms with E-state index in [0.29, 0.717) is 6.04 Å². The fourth-order valence-corrected chi connectivity index (χ4v) is 3.55. The van der Waals surface area contributed by atoms with Crippen molar-refractivity contribution in [2.75, 3.05) is 11.9 Å². The van der Waals surface area contributed by atoms with Gasteiger partial charge in [0.15, 0.2) is 0 Å². The van der Waals surface area contributed by atoms with Gasteiger partial charge < -0.3 is 9.88 Å². The summed E-state index contributed by atoms with van der Waals surface area (Å²) in [5, 5.41) is 4.54. The Bertz CT molecular complexity index is 748. The Kier molecular flexibility index (Phi) is 3.45. The first-order valence-electron chi connectivity index (χ1n) is 8.24. The Balaban J connectivity index is 1.62. The standard InChI is InChI=1S/C18H22N4/c1-13-12-22(15-8-4-5-9-15)17-16(13)11-20-18(21-17)19-10-14-6-2-3-7-14/h2-3,6,11-12,15H,4-5,7-10H2,1H3,(H,19,20,21). The molecule has 0 aromatic carbocycles. The van der Waals surface area contributed by atoms with Gasteiger partial charge in [0, 0.05) is 30.4 Å². The minimum atomic E-state index is 0.612. The monoisotopic (exact) mass is 294 g/mol. The van der Waals surface area contributed by atoms with Gasteiger partial charge in [-0.05, 0) is 37.3 Å². The average molecular weight is 294 g/mol. The number of anilines is 1. The lowest BCUT2D eigenvalue weighted by Crippen LogP contribution is -2.09. The topological polar surface area (TPSA) is 42.7 Å². The molecule has 2 heterocycles. The van der Waals surface area contributed by atoms with Crippen molar-refractivity contribution in [1.82, 2.24) is 14.5 Å². The van der Waals surface area contributed by atoms with Gasteiger partial charge in [0.2, 0.25) is 5.95 Å². The van der Waals surface area contributed by atoms with E-state index in [1.807, 2.05) is 6.20 Å². The highest BCUT2D eigenvalue weighted by Crippen LogP contribution is 2.33. The zero-order valence-electron chi connectivity index (χ0n) is 13.0. The van der Waals surface area contributed by atoms with Crippen LogP contribution in [0.1, 0.15) is 43.7 Å². The van der Waals surface area contributed by atoms with E-state index in [-0.39, 0.29) is 0 Å². The molecule has 1 fully saturated rings. The van der Waals surface area contributed by atoms with Gasteiger partial charge in [0.25, 0.3) is 0 Å². The highest BCUT2D eigenvalue weighted by atomic mass is 15.2. The lowest BCUT2D eigenvalue weighted by molar-refractivity contribution is 0.531. The summed E-state index contributed by atoms with van der Waals surface area (Å²) >= 11 is 0. The summed E-state index contributed by atoms with van der Waals surface area (Å²) in [7, 11) is 0. The molecule has 0 atom stereocenters. The van der Waals surface area contributed by atoms with Crippen molar-refractivity contribution in [2.24, 2.45) is 0 Å². The molecule has 2 aromatic heterocycles. The molecule has 0 spiro atoms. The molecule has 4 nitrogen and oxygen atoms in total. The number of hydrogen-bond donors (Lipinski definition) is 1. The van der Waals surface area contributed by atoms with Crippen LogP contribution in [0.15, 0.2) is 36.2 Å². The molecule has 0 unspecified atom stereocenters. The Hall–Kier alpha value is -2.10. The molecule has 2 aliphatic rings.